The zero-order valence-electron chi connectivity index (χ0n) is 17.0. The smallest absolute Gasteiger partial charge is 0.156 e. The fourth-order valence-electron chi connectivity index (χ4n) is 1.18. The average molecular weight is 335 g/mol. The SMILES string of the molecule is CC.CC.CC(C)(C)c1cncnn1.CC(C)(C)c1nccnn1. The summed E-state index contributed by atoms with van der Waals surface area (Å²) in [4.78, 5) is 7.95. The van der Waals surface area contributed by atoms with E-state index in [2.05, 4.69) is 71.9 Å². The molecule has 0 aliphatic rings. The van der Waals surface area contributed by atoms with E-state index < -0.39 is 0 Å². The van der Waals surface area contributed by atoms with Crippen molar-refractivity contribution in [3.05, 3.63) is 36.4 Å². The van der Waals surface area contributed by atoms with Gasteiger partial charge < -0.3 is 0 Å². The summed E-state index contributed by atoms with van der Waals surface area (Å²) in [6, 6.07) is 0. The molecule has 6 heteroatoms. The molecule has 0 saturated carbocycles. The van der Waals surface area contributed by atoms with Gasteiger partial charge in [0.15, 0.2) is 5.82 Å². The van der Waals surface area contributed by atoms with E-state index in [1.54, 1.807) is 18.6 Å². The molecule has 0 bridgehead atoms. The summed E-state index contributed by atoms with van der Waals surface area (Å²) >= 11 is 0. The normalized spacial score (nSPS) is 10.1. The van der Waals surface area contributed by atoms with Gasteiger partial charge in [-0.05, 0) is 0 Å². The van der Waals surface area contributed by atoms with E-state index in [4.69, 9.17) is 0 Å². The van der Waals surface area contributed by atoms with Crippen LogP contribution >= 0.6 is 0 Å². The maximum Gasteiger partial charge on any atom is 0.156 e. The molecule has 0 aromatic carbocycles. The van der Waals surface area contributed by atoms with Crippen molar-refractivity contribution >= 4 is 0 Å². The molecule has 0 aliphatic carbocycles. The summed E-state index contributed by atoms with van der Waals surface area (Å²) in [5.41, 5.74) is 0.991. The van der Waals surface area contributed by atoms with Gasteiger partial charge in [-0.15, -0.1) is 10.2 Å². The van der Waals surface area contributed by atoms with Crippen molar-refractivity contribution in [2.45, 2.75) is 80.1 Å². The zero-order valence-corrected chi connectivity index (χ0v) is 17.0. The lowest BCUT2D eigenvalue weighted by atomic mass is 9.93. The minimum atomic E-state index is 0.00819. The molecule has 0 amide bonds. The Morgan fingerprint density at radius 3 is 1.54 bits per heavy atom. The molecule has 0 saturated heterocycles. The van der Waals surface area contributed by atoms with Gasteiger partial charge in [0.1, 0.15) is 6.33 Å². The van der Waals surface area contributed by atoms with Crippen LogP contribution in [0.3, 0.4) is 0 Å². The van der Waals surface area contributed by atoms with Crippen molar-refractivity contribution in [2.24, 2.45) is 0 Å². The van der Waals surface area contributed by atoms with Crippen molar-refractivity contribution in [1.29, 1.82) is 0 Å². The monoisotopic (exact) mass is 334 g/mol. The Kier molecular flexibility index (Phi) is 12.6. The van der Waals surface area contributed by atoms with E-state index in [0.717, 1.165) is 11.5 Å². The highest BCUT2D eigenvalue weighted by Crippen LogP contribution is 2.17. The predicted octanol–water partition coefficient (Wildman–Crippen LogP) is 4.39. The number of rotatable bonds is 0. The summed E-state index contributed by atoms with van der Waals surface area (Å²) in [7, 11) is 0. The third-order valence-corrected chi connectivity index (χ3v) is 2.40. The van der Waals surface area contributed by atoms with E-state index in [1.165, 1.54) is 6.33 Å². The van der Waals surface area contributed by atoms with Gasteiger partial charge >= 0.3 is 0 Å². The lowest BCUT2D eigenvalue weighted by molar-refractivity contribution is 0.533. The molecular formula is C18H34N6. The van der Waals surface area contributed by atoms with Crippen molar-refractivity contribution in [1.82, 2.24) is 30.4 Å². The van der Waals surface area contributed by atoms with Gasteiger partial charge in [0.25, 0.3) is 0 Å². The minimum Gasteiger partial charge on any atom is -0.241 e. The minimum absolute atomic E-state index is 0.00819. The number of aromatic nitrogens is 6. The third-order valence-electron chi connectivity index (χ3n) is 2.40. The van der Waals surface area contributed by atoms with Crippen LogP contribution < -0.4 is 0 Å². The highest BCUT2D eigenvalue weighted by atomic mass is 15.1. The highest BCUT2D eigenvalue weighted by Gasteiger charge is 2.16. The standard InChI is InChI=1S/2C7H11N3.2C2H6/c1-7(2,3)6-4-8-5-9-10-6;1-7(2,3)6-8-4-5-9-10-6;2*1-2/h2*4-5H,1-3H3;2*1-2H3. The van der Waals surface area contributed by atoms with Crippen molar-refractivity contribution in [3.63, 3.8) is 0 Å². The van der Waals surface area contributed by atoms with Crippen LogP contribution in [-0.2, 0) is 10.8 Å². The van der Waals surface area contributed by atoms with E-state index in [0.29, 0.717) is 0 Å². The van der Waals surface area contributed by atoms with Crippen LogP contribution in [0.2, 0.25) is 0 Å². The number of nitrogens with zero attached hydrogens (tertiary/aromatic N) is 6. The second-order valence-corrected chi connectivity index (χ2v) is 6.46. The van der Waals surface area contributed by atoms with Gasteiger partial charge in [0, 0.05) is 17.0 Å². The molecule has 0 radical (unpaired) electrons. The van der Waals surface area contributed by atoms with Crippen molar-refractivity contribution < 1.29 is 0 Å². The summed E-state index contributed by atoms with van der Waals surface area (Å²) < 4.78 is 0. The first kappa shape index (κ1) is 24.3. The summed E-state index contributed by atoms with van der Waals surface area (Å²) in [6.45, 7) is 20.4. The van der Waals surface area contributed by atoms with Gasteiger partial charge in [-0.3, -0.25) is 0 Å². The molecule has 2 rings (SSSR count). The molecule has 0 aliphatic heterocycles. The second kappa shape index (κ2) is 12.4. The molecule has 2 heterocycles. The zero-order chi connectivity index (χ0) is 19.2. The summed E-state index contributed by atoms with van der Waals surface area (Å²) in [5, 5.41) is 15.3. The van der Waals surface area contributed by atoms with Crippen LogP contribution in [0.5, 0.6) is 0 Å². The lowest BCUT2D eigenvalue weighted by Gasteiger charge is -2.14. The van der Waals surface area contributed by atoms with Crippen molar-refractivity contribution in [2.75, 3.05) is 0 Å². The van der Waals surface area contributed by atoms with Gasteiger partial charge in [-0.25, -0.2) is 9.97 Å². The molecule has 24 heavy (non-hydrogen) atoms. The van der Waals surface area contributed by atoms with Crippen LogP contribution in [0.4, 0.5) is 0 Å². The highest BCUT2D eigenvalue weighted by molar-refractivity contribution is 5.04. The third kappa shape index (κ3) is 10.7. The molecule has 0 atom stereocenters. The molecular weight excluding hydrogens is 300 g/mol. The second-order valence-electron chi connectivity index (χ2n) is 6.46. The molecule has 0 N–H and O–H groups in total. The fourth-order valence-corrected chi connectivity index (χ4v) is 1.18. The first-order valence-electron chi connectivity index (χ1n) is 8.48. The Bertz CT molecular complexity index is 451. The van der Waals surface area contributed by atoms with Gasteiger partial charge in [0.2, 0.25) is 0 Å². The van der Waals surface area contributed by atoms with Crippen LogP contribution in [0.15, 0.2) is 24.9 Å². The van der Waals surface area contributed by atoms with Gasteiger partial charge in [0.05, 0.1) is 18.1 Å². The Morgan fingerprint density at radius 2 is 1.29 bits per heavy atom. The van der Waals surface area contributed by atoms with E-state index in [1.807, 2.05) is 27.7 Å². The Labute approximate surface area is 147 Å². The first-order valence-corrected chi connectivity index (χ1v) is 8.48. The van der Waals surface area contributed by atoms with Gasteiger partial charge in [-0.2, -0.15) is 10.2 Å². The summed E-state index contributed by atoms with van der Waals surface area (Å²) in [5.74, 6) is 0.787. The quantitative estimate of drug-likeness (QED) is 0.711. The van der Waals surface area contributed by atoms with Gasteiger partial charge in [-0.1, -0.05) is 69.2 Å². The molecule has 0 unspecified atom stereocenters. The number of hydrogen-bond acceptors (Lipinski definition) is 6. The molecule has 2 aromatic heterocycles. The van der Waals surface area contributed by atoms with Crippen LogP contribution in [0.1, 0.15) is 80.8 Å². The van der Waals surface area contributed by atoms with Crippen molar-refractivity contribution in [3.8, 4) is 0 Å². The first-order chi connectivity index (χ1) is 11.2. The molecule has 0 spiro atoms. The van der Waals surface area contributed by atoms with Crippen LogP contribution in [0.25, 0.3) is 0 Å². The molecule has 2 aromatic rings. The fraction of sp³-hybridized carbons (Fsp3) is 0.667. The molecule has 0 fully saturated rings. The average Bonchev–Trinajstić information content (AvgIpc) is 2.59. The Morgan fingerprint density at radius 1 is 0.708 bits per heavy atom. The van der Waals surface area contributed by atoms with E-state index >= 15 is 0 Å². The maximum absolute atomic E-state index is 4.08. The van der Waals surface area contributed by atoms with Crippen LogP contribution in [-0.4, -0.2) is 30.4 Å². The summed E-state index contributed by atoms with van der Waals surface area (Å²) in [6.07, 6.45) is 6.42. The Balaban J connectivity index is 0. The van der Waals surface area contributed by atoms with Crippen LogP contribution in [0, 0.1) is 0 Å². The Hall–Kier alpha value is -1.98. The van der Waals surface area contributed by atoms with E-state index in [9.17, 15) is 0 Å². The molecule has 136 valence electrons. The topological polar surface area (TPSA) is 77.3 Å². The molecule has 6 nitrogen and oxygen atoms in total. The lowest BCUT2D eigenvalue weighted by Crippen LogP contribution is -2.15. The van der Waals surface area contributed by atoms with E-state index in [-0.39, 0.29) is 10.8 Å². The maximum atomic E-state index is 4.08. The number of hydrogen-bond donors (Lipinski definition) is 0. The largest absolute Gasteiger partial charge is 0.241 e. The predicted molar refractivity (Wildman–Crippen MR) is 99.8 cm³/mol.